The summed E-state index contributed by atoms with van der Waals surface area (Å²) in [5.41, 5.74) is 6.39. The minimum atomic E-state index is 0.338. The van der Waals surface area contributed by atoms with Crippen LogP contribution in [0.3, 0.4) is 0 Å². The molecule has 0 heterocycles. The van der Waals surface area contributed by atoms with Gasteiger partial charge in [-0.1, -0.05) is 23.2 Å². The first-order chi connectivity index (χ1) is 7.69. The van der Waals surface area contributed by atoms with Crippen LogP contribution in [-0.2, 0) is 6.54 Å². The molecule has 86 valence electrons. The molecule has 0 saturated carbocycles. The standard InChI is InChI=1S/C12H13Cl2NO/c1-2-3-4-5-16-12-9(8-15)6-10(13)7-11(12)14/h1,6-7H,3-5,8,15H2. The molecule has 0 aliphatic carbocycles. The molecule has 0 radical (unpaired) electrons. The molecule has 0 fully saturated rings. The van der Waals surface area contributed by atoms with Gasteiger partial charge in [0.15, 0.2) is 0 Å². The molecular weight excluding hydrogens is 245 g/mol. The molecule has 0 atom stereocenters. The molecule has 0 spiro atoms. The number of ether oxygens (including phenoxy) is 1. The van der Waals surface area contributed by atoms with Gasteiger partial charge in [-0.3, -0.25) is 0 Å². The Labute approximate surface area is 106 Å². The second kappa shape index (κ2) is 6.65. The monoisotopic (exact) mass is 257 g/mol. The quantitative estimate of drug-likeness (QED) is 0.650. The number of hydrogen-bond donors (Lipinski definition) is 1. The highest BCUT2D eigenvalue weighted by molar-refractivity contribution is 6.35. The largest absolute Gasteiger partial charge is 0.492 e. The maximum absolute atomic E-state index is 6.02. The number of nitrogens with two attached hydrogens (primary N) is 1. The highest BCUT2D eigenvalue weighted by Crippen LogP contribution is 2.32. The molecule has 4 heteroatoms. The first-order valence-electron chi connectivity index (χ1n) is 4.93. The van der Waals surface area contributed by atoms with E-state index >= 15 is 0 Å². The molecule has 1 aromatic rings. The Morgan fingerprint density at radius 2 is 2.12 bits per heavy atom. The summed E-state index contributed by atoms with van der Waals surface area (Å²) in [4.78, 5) is 0. The molecule has 0 aromatic heterocycles. The Morgan fingerprint density at radius 1 is 1.38 bits per heavy atom. The Balaban J connectivity index is 2.74. The summed E-state index contributed by atoms with van der Waals surface area (Å²) >= 11 is 11.9. The molecule has 0 saturated heterocycles. The molecule has 1 aromatic carbocycles. The second-order valence-corrected chi connectivity index (χ2v) is 4.08. The molecule has 0 aliphatic heterocycles. The van der Waals surface area contributed by atoms with Crippen molar-refractivity contribution in [1.29, 1.82) is 0 Å². The SMILES string of the molecule is C#CCCCOc1c(Cl)cc(Cl)cc1CN. The smallest absolute Gasteiger partial charge is 0.142 e. The van der Waals surface area contributed by atoms with Gasteiger partial charge in [-0.05, 0) is 18.6 Å². The van der Waals surface area contributed by atoms with E-state index in [1.54, 1.807) is 12.1 Å². The summed E-state index contributed by atoms with van der Waals surface area (Å²) < 4.78 is 5.55. The van der Waals surface area contributed by atoms with Crippen LogP contribution in [0.25, 0.3) is 0 Å². The van der Waals surface area contributed by atoms with Crippen LogP contribution in [0.4, 0.5) is 0 Å². The lowest BCUT2D eigenvalue weighted by atomic mass is 10.2. The van der Waals surface area contributed by atoms with Crippen LogP contribution in [0.5, 0.6) is 5.75 Å². The van der Waals surface area contributed by atoms with E-state index in [0.29, 0.717) is 35.4 Å². The number of halogens is 2. The van der Waals surface area contributed by atoms with E-state index in [1.165, 1.54) is 0 Å². The van der Waals surface area contributed by atoms with Crippen molar-refractivity contribution in [3.8, 4) is 18.1 Å². The van der Waals surface area contributed by atoms with E-state index in [0.717, 1.165) is 12.0 Å². The maximum atomic E-state index is 6.02. The van der Waals surface area contributed by atoms with Crippen LogP contribution in [0.1, 0.15) is 18.4 Å². The van der Waals surface area contributed by atoms with Crippen LogP contribution < -0.4 is 10.5 Å². The van der Waals surface area contributed by atoms with Crippen LogP contribution >= 0.6 is 23.2 Å². The average Bonchev–Trinajstić information content (AvgIpc) is 2.26. The van der Waals surface area contributed by atoms with Crippen molar-refractivity contribution in [3.05, 3.63) is 27.7 Å². The van der Waals surface area contributed by atoms with Crippen molar-refractivity contribution in [1.82, 2.24) is 0 Å². The summed E-state index contributed by atoms with van der Waals surface area (Å²) in [6, 6.07) is 3.39. The number of unbranched alkanes of at least 4 members (excludes halogenated alkanes) is 1. The summed E-state index contributed by atoms with van der Waals surface area (Å²) in [5, 5.41) is 1.04. The fourth-order valence-electron chi connectivity index (χ4n) is 1.28. The molecule has 2 N–H and O–H groups in total. The third kappa shape index (κ3) is 3.61. The van der Waals surface area contributed by atoms with Crippen molar-refractivity contribution < 1.29 is 4.74 Å². The average molecular weight is 258 g/mol. The Kier molecular flexibility index (Phi) is 5.48. The molecule has 16 heavy (non-hydrogen) atoms. The van der Waals surface area contributed by atoms with Gasteiger partial charge >= 0.3 is 0 Å². The number of terminal acetylenes is 1. The van der Waals surface area contributed by atoms with Crippen molar-refractivity contribution >= 4 is 23.2 Å². The lowest BCUT2D eigenvalue weighted by molar-refractivity contribution is 0.310. The fraction of sp³-hybridized carbons (Fsp3) is 0.333. The van der Waals surface area contributed by atoms with Crippen LogP contribution in [0.15, 0.2) is 12.1 Å². The molecule has 0 amide bonds. The predicted octanol–water partition coefficient (Wildman–Crippen LogP) is 3.24. The summed E-state index contributed by atoms with van der Waals surface area (Å²) in [7, 11) is 0. The van der Waals surface area contributed by atoms with E-state index in [-0.39, 0.29) is 0 Å². The number of hydrogen-bond acceptors (Lipinski definition) is 2. The van der Waals surface area contributed by atoms with Crippen molar-refractivity contribution in [2.75, 3.05) is 6.61 Å². The number of rotatable bonds is 5. The second-order valence-electron chi connectivity index (χ2n) is 3.24. The normalized spacial score (nSPS) is 9.88. The van der Waals surface area contributed by atoms with Gasteiger partial charge in [-0.15, -0.1) is 12.3 Å². The minimum absolute atomic E-state index is 0.338. The lowest BCUT2D eigenvalue weighted by Gasteiger charge is -2.12. The molecule has 0 aliphatic rings. The Hall–Kier alpha value is -0.880. The molecule has 2 nitrogen and oxygen atoms in total. The minimum Gasteiger partial charge on any atom is -0.492 e. The molecule has 0 unspecified atom stereocenters. The van der Waals surface area contributed by atoms with E-state index in [9.17, 15) is 0 Å². The Morgan fingerprint density at radius 3 is 2.75 bits per heavy atom. The highest BCUT2D eigenvalue weighted by Gasteiger charge is 2.09. The van der Waals surface area contributed by atoms with Crippen molar-refractivity contribution in [3.63, 3.8) is 0 Å². The van der Waals surface area contributed by atoms with Gasteiger partial charge in [0.2, 0.25) is 0 Å². The summed E-state index contributed by atoms with van der Waals surface area (Å²) in [6.45, 7) is 0.864. The van der Waals surface area contributed by atoms with Gasteiger partial charge in [-0.25, -0.2) is 0 Å². The van der Waals surface area contributed by atoms with E-state index in [2.05, 4.69) is 5.92 Å². The zero-order chi connectivity index (χ0) is 12.0. The molecule has 1 rings (SSSR count). The predicted molar refractivity (Wildman–Crippen MR) is 67.9 cm³/mol. The van der Waals surface area contributed by atoms with Gasteiger partial charge in [0.1, 0.15) is 5.75 Å². The van der Waals surface area contributed by atoms with Gasteiger partial charge in [0.05, 0.1) is 11.6 Å². The van der Waals surface area contributed by atoms with Crippen LogP contribution in [-0.4, -0.2) is 6.61 Å². The first kappa shape index (κ1) is 13.2. The van der Waals surface area contributed by atoms with Crippen LogP contribution in [0.2, 0.25) is 10.0 Å². The van der Waals surface area contributed by atoms with Crippen molar-refractivity contribution in [2.45, 2.75) is 19.4 Å². The zero-order valence-corrected chi connectivity index (χ0v) is 10.3. The summed E-state index contributed by atoms with van der Waals surface area (Å²) in [5.74, 6) is 3.15. The van der Waals surface area contributed by atoms with Crippen molar-refractivity contribution in [2.24, 2.45) is 5.73 Å². The van der Waals surface area contributed by atoms with Gasteiger partial charge in [0.25, 0.3) is 0 Å². The lowest BCUT2D eigenvalue weighted by Crippen LogP contribution is -2.04. The topological polar surface area (TPSA) is 35.2 Å². The number of benzene rings is 1. The maximum Gasteiger partial charge on any atom is 0.142 e. The van der Waals surface area contributed by atoms with E-state index in [1.807, 2.05) is 0 Å². The first-order valence-corrected chi connectivity index (χ1v) is 5.69. The van der Waals surface area contributed by atoms with Crippen LogP contribution in [0, 0.1) is 12.3 Å². The van der Waals surface area contributed by atoms with Gasteiger partial charge in [0, 0.05) is 23.6 Å². The zero-order valence-electron chi connectivity index (χ0n) is 8.80. The molecular formula is C12H13Cl2NO. The fourth-order valence-corrected chi connectivity index (χ4v) is 1.87. The van der Waals surface area contributed by atoms with E-state index < -0.39 is 0 Å². The summed E-state index contributed by atoms with van der Waals surface area (Å²) in [6.07, 6.45) is 6.62. The Bertz CT molecular complexity index is 399. The third-order valence-corrected chi connectivity index (χ3v) is 2.52. The van der Waals surface area contributed by atoms with Gasteiger partial charge in [-0.2, -0.15) is 0 Å². The van der Waals surface area contributed by atoms with Gasteiger partial charge < -0.3 is 10.5 Å². The van der Waals surface area contributed by atoms with E-state index in [4.69, 9.17) is 40.1 Å². The molecule has 0 bridgehead atoms. The third-order valence-electron chi connectivity index (χ3n) is 2.02. The highest BCUT2D eigenvalue weighted by atomic mass is 35.5.